The van der Waals surface area contributed by atoms with E-state index in [0.717, 1.165) is 11.3 Å². The molecule has 1 unspecified atom stereocenters. The Bertz CT molecular complexity index is 529. The van der Waals surface area contributed by atoms with E-state index in [1.807, 2.05) is 19.9 Å². The molecule has 0 radical (unpaired) electrons. The van der Waals surface area contributed by atoms with Crippen molar-refractivity contribution in [1.82, 2.24) is 4.72 Å². The zero-order chi connectivity index (χ0) is 13.8. The largest absolute Gasteiger partial charge is 0.329 e. The van der Waals surface area contributed by atoms with E-state index in [1.165, 1.54) is 12.1 Å². The van der Waals surface area contributed by atoms with E-state index in [9.17, 15) is 8.42 Å². The number of nitrogens with two attached hydrogens (primary N) is 1. The van der Waals surface area contributed by atoms with E-state index >= 15 is 0 Å². The van der Waals surface area contributed by atoms with Crippen LogP contribution in [0.15, 0.2) is 16.3 Å². The number of hydrogen-bond donors (Lipinski definition) is 2. The number of nitriles is 1. The summed E-state index contributed by atoms with van der Waals surface area (Å²) in [5, 5.41) is 8.69. The fourth-order valence-electron chi connectivity index (χ4n) is 1.56. The molecule has 0 saturated heterocycles. The zero-order valence-electron chi connectivity index (χ0n) is 10.4. The monoisotopic (exact) mass is 287 g/mol. The van der Waals surface area contributed by atoms with Crippen molar-refractivity contribution in [3.63, 3.8) is 0 Å². The van der Waals surface area contributed by atoms with Crippen molar-refractivity contribution < 1.29 is 8.42 Å². The third-order valence-corrected chi connectivity index (χ3v) is 5.32. The summed E-state index contributed by atoms with van der Waals surface area (Å²) in [6.07, 6.45) is 0.687. The average molecular weight is 287 g/mol. The fraction of sp³-hybridized carbons (Fsp3) is 0.545. The smallest absolute Gasteiger partial charge is 0.250 e. The van der Waals surface area contributed by atoms with Gasteiger partial charge in [-0.1, -0.05) is 13.8 Å². The Morgan fingerprint density at radius 3 is 2.61 bits per heavy atom. The van der Waals surface area contributed by atoms with E-state index in [1.54, 1.807) is 0 Å². The van der Waals surface area contributed by atoms with E-state index in [2.05, 4.69) is 4.72 Å². The van der Waals surface area contributed by atoms with E-state index < -0.39 is 10.0 Å². The highest BCUT2D eigenvalue weighted by Gasteiger charge is 2.21. The van der Waals surface area contributed by atoms with Crippen molar-refractivity contribution in [2.75, 3.05) is 6.54 Å². The van der Waals surface area contributed by atoms with E-state index in [0.29, 0.717) is 17.2 Å². The van der Waals surface area contributed by atoms with Crippen LogP contribution in [0.3, 0.4) is 0 Å². The second-order valence-electron chi connectivity index (χ2n) is 4.41. The van der Waals surface area contributed by atoms with Crippen molar-refractivity contribution in [3.8, 4) is 6.07 Å². The van der Waals surface area contributed by atoms with Gasteiger partial charge in [0, 0.05) is 12.6 Å². The molecule has 3 N–H and O–H groups in total. The van der Waals surface area contributed by atoms with Gasteiger partial charge < -0.3 is 5.73 Å². The number of nitrogens with one attached hydrogen (secondary N) is 1. The number of hydrogen-bond acceptors (Lipinski definition) is 5. The van der Waals surface area contributed by atoms with Gasteiger partial charge in [-0.2, -0.15) is 5.26 Å². The maximum atomic E-state index is 12.0. The standard InChI is InChI=1S/C11H17N3O2S2/c1-8(2)5-9(6-12)14-18(15,16)11-4-3-10(7-13)17-11/h3-4,8-9,14H,5-6,12H2,1-2H3. The predicted octanol–water partition coefficient (Wildman–Crippen LogP) is 1.27. The van der Waals surface area contributed by atoms with Crippen molar-refractivity contribution in [3.05, 3.63) is 17.0 Å². The molecule has 0 amide bonds. The van der Waals surface area contributed by atoms with Gasteiger partial charge in [-0.15, -0.1) is 11.3 Å². The summed E-state index contributed by atoms with van der Waals surface area (Å²) in [5.41, 5.74) is 5.56. The van der Waals surface area contributed by atoms with Crippen LogP contribution in [0.5, 0.6) is 0 Å². The van der Waals surface area contributed by atoms with Gasteiger partial charge in [0.25, 0.3) is 0 Å². The molecule has 0 aliphatic rings. The average Bonchev–Trinajstić information content (AvgIpc) is 2.76. The minimum absolute atomic E-state index is 0.154. The lowest BCUT2D eigenvalue weighted by Crippen LogP contribution is -2.40. The molecule has 7 heteroatoms. The minimum atomic E-state index is -3.57. The maximum absolute atomic E-state index is 12.0. The highest BCUT2D eigenvalue weighted by atomic mass is 32.2. The van der Waals surface area contributed by atoms with Crippen molar-refractivity contribution in [2.45, 2.75) is 30.5 Å². The van der Waals surface area contributed by atoms with Gasteiger partial charge in [0.2, 0.25) is 10.0 Å². The first-order chi connectivity index (χ1) is 8.39. The van der Waals surface area contributed by atoms with Crippen LogP contribution >= 0.6 is 11.3 Å². The third kappa shape index (κ3) is 4.07. The molecule has 1 aromatic rings. The first-order valence-corrected chi connectivity index (χ1v) is 7.91. The maximum Gasteiger partial charge on any atom is 0.250 e. The number of sulfonamides is 1. The summed E-state index contributed by atoms with van der Waals surface area (Å²) in [7, 11) is -3.57. The third-order valence-electron chi connectivity index (χ3n) is 2.32. The van der Waals surface area contributed by atoms with Gasteiger partial charge in [-0.25, -0.2) is 13.1 Å². The van der Waals surface area contributed by atoms with Crippen LogP contribution in [-0.2, 0) is 10.0 Å². The van der Waals surface area contributed by atoms with Crippen LogP contribution in [0.1, 0.15) is 25.1 Å². The molecule has 0 aliphatic carbocycles. The Labute approximate surface area is 112 Å². The minimum Gasteiger partial charge on any atom is -0.329 e. The van der Waals surface area contributed by atoms with Gasteiger partial charge in [0.1, 0.15) is 15.2 Å². The molecule has 0 saturated carbocycles. The molecule has 0 aliphatic heterocycles. The van der Waals surface area contributed by atoms with Crippen molar-refractivity contribution in [2.24, 2.45) is 11.7 Å². The number of nitrogens with zero attached hydrogens (tertiary/aromatic N) is 1. The normalized spacial score (nSPS) is 13.5. The van der Waals surface area contributed by atoms with Crippen LogP contribution < -0.4 is 10.5 Å². The van der Waals surface area contributed by atoms with Crippen molar-refractivity contribution >= 4 is 21.4 Å². The first kappa shape index (κ1) is 15.1. The molecule has 1 atom stereocenters. The Hall–Kier alpha value is -0.940. The van der Waals surface area contributed by atoms with Crippen LogP contribution in [0.2, 0.25) is 0 Å². The van der Waals surface area contributed by atoms with Crippen LogP contribution in [0.4, 0.5) is 0 Å². The van der Waals surface area contributed by atoms with Gasteiger partial charge in [-0.3, -0.25) is 0 Å². The molecule has 1 heterocycles. The lowest BCUT2D eigenvalue weighted by Gasteiger charge is -2.18. The van der Waals surface area contributed by atoms with Crippen LogP contribution in [0.25, 0.3) is 0 Å². The van der Waals surface area contributed by atoms with Gasteiger partial charge in [0.15, 0.2) is 0 Å². The molecule has 0 bridgehead atoms. The highest BCUT2D eigenvalue weighted by Crippen LogP contribution is 2.21. The van der Waals surface area contributed by atoms with E-state index in [4.69, 9.17) is 11.0 Å². The molecule has 100 valence electrons. The molecular formula is C11H17N3O2S2. The Kier molecular flexibility index (Phi) is 5.28. The molecule has 1 rings (SSSR count). The molecule has 18 heavy (non-hydrogen) atoms. The Morgan fingerprint density at radius 1 is 1.50 bits per heavy atom. The Balaban J connectivity index is 2.84. The summed E-state index contributed by atoms with van der Waals surface area (Å²) in [4.78, 5) is 0.378. The quantitative estimate of drug-likeness (QED) is 0.823. The van der Waals surface area contributed by atoms with Crippen molar-refractivity contribution in [1.29, 1.82) is 5.26 Å². The van der Waals surface area contributed by atoms with Crippen LogP contribution in [0, 0.1) is 17.2 Å². The van der Waals surface area contributed by atoms with Gasteiger partial charge in [0.05, 0.1) is 0 Å². The predicted molar refractivity (Wildman–Crippen MR) is 71.7 cm³/mol. The molecule has 0 aromatic carbocycles. The number of thiophene rings is 1. The summed E-state index contributed by atoms with van der Waals surface area (Å²) in [6.45, 7) is 4.28. The second-order valence-corrected chi connectivity index (χ2v) is 7.44. The van der Waals surface area contributed by atoms with Crippen LogP contribution in [-0.4, -0.2) is 21.0 Å². The van der Waals surface area contributed by atoms with Gasteiger partial charge in [-0.05, 0) is 24.5 Å². The summed E-state index contributed by atoms with van der Waals surface area (Å²) in [5.74, 6) is 0.360. The highest BCUT2D eigenvalue weighted by molar-refractivity contribution is 7.91. The zero-order valence-corrected chi connectivity index (χ0v) is 12.0. The summed E-state index contributed by atoms with van der Waals surface area (Å²) in [6, 6.07) is 4.58. The second kappa shape index (κ2) is 6.29. The lowest BCUT2D eigenvalue weighted by atomic mass is 10.1. The fourth-order valence-corrected chi connectivity index (χ4v) is 3.95. The summed E-state index contributed by atoms with van der Waals surface area (Å²) >= 11 is 0.959. The lowest BCUT2D eigenvalue weighted by molar-refractivity contribution is 0.465. The summed E-state index contributed by atoms with van der Waals surface area (Å²) < 4.78 is 26.8. The first-order valence-electron chi connectivity index (χ1n) is 5.61. The SMILES string of the molecule is CC(C)CC(CN)NS(=O)(=O)c1ccc(C#N)s1. The van der Waals surface area contributed by atoms with E-state index in [-0.39, 0.29) is 16.8 Å². The van der Waals surface area contributed by atoms with Gasteiger partial charge >= 0.3 is 0 Å². The molecule has 5 nitrogen and oxygen atoms in total. The molecule has 0 spiro atoms. The Morgan fingerprint density at radius 2 is 2.17 bits per heavy atom. The molecule has 0 fully saturated rings. The molecule has 1 aromatic heterocycles. The topological polar surface area (TPSA) is 96.0 Å². The number of rotatable bonds is 6. The molecular weight excluding hydrogens is 270 g/mol.